The molecule has 4 aromatic rings. The smallest absolute Gasteiger partial charge is 0.354 e. The fourth-order valence-corrected chi connectivity index (χ4v) is 4.81. The number of carboxylic acids is 1. The molecule has 0 atom stereocenters. The fourth-order valence-electron chi connectivity index (χ4n) is 4.81. The summed E-state index contributed by atoms with van der Waals surface area (Å²) < 4.78 is 0. The molecule has 1 aliphatic heterocycles. The highest BCUT2D eigenvalue weighted by Gasteiger charge is 2.22. The molecule has 0 saturated heterocycles. The number of hydrogen-bond acceptors (Lipinski definition) is 4. The van der Waals surface area contributed by atoms with Gasteiger partial charge in [-0.2, -0.15) is 0 Å². The molecule has 0 fully saturated rings. The molecule has 4 aromatic carbocycles. The zero-order chi connectivity index (χ0) is 27.4. The van der Waals surface area contributed by atoms with Gasteiger partial charge < -0.3 is 15.3 Å². The Labute approximate surface area is 227 Å². The van der Waals surface area contributed by atoms with Gasteiger partial charge in [0.25, 0.3) is 5.91 Å². The van der Waals surface area contributed by atoms with Crippen molar-refractivity contribution in [1.82, 2.24) is 0 Å². The van der Waals surface area contributed by atoms with Crippen molar-refractivity contribution in [1.29, 1.82) is 5.41 Å². The van der Waals surface area contributed by atoms with Crippen LogP contribution in [0.25, 0.3) is 17.2 Å². The predicted octanol–water partition coefficient (Wildman–Crippen LogP) is 6.87. The van der Waals surface area contributed by atoms with Crippen LogP contribution in [-0.2, 0) is 16.0 Å². The number of nitrogens with one attached hydrogen (secondary N) is 2. The normalized spacial score (nSPS) is 12.9. The minimum atomic E-state index is -1.46. The van der Waals surface area contributed by atoms with Gasteiger partial charge in [-0.3, -0.25) is 10.2 Å². The van der Waals surface area contributed by atoms with Crippen molar-refractivity contribution in [2.45, 2.75) is 19.8 Å². The van der Waals surface area contributed by atoms with Gasteiger partial charge in [-0.15, -0.1) is 0 Å². The third-order valence-corrected chi connectivity index (χ3v) is 6.86. The molecular weight excluding hydrogens is 486 g/mol. The number of fused-ring (bicyclic) bond motifs is 1. The highest BCUT2D eigenvalue weighted by atomic mass is 16.4. The van der Waals surface area contributed by atoms with Crippen molar-refractivity contribution in [2.75, 3.05) is 16.8 Å². The summed E-state index contributed by atoms with van der Waals surface area (Å²) in [6, 6.07) is 31.4. The van der Waals surface area contributed by atoms with E-state index >= 15 is 0 Å². The van der Waals surface area contributed by atoms with Crippen LogP contribution in [0.2, 0.25) is 0 Å². The monoisotopic (exact) mass is 515 g/mol. The zero-order valence-electron chi connectivity index (χ0n) is 21.6. The Balaban J connectivity index is 1.40. The maximum Gasteiger partial charge on any atom is 0.354 e. The van der Waals surface area contributed by atoms with E-state index in [9.17, 15) is 14.7 Å². The summed E-state index contributed by atoms with van der Waals surface area (Å²) in [6.45, 7) is 2.97. The summed E-state index contributed by atoms with van der Waals surface area (Å²) in [5.74, 6) is -2.10. The van der Waals surface area contributed by atoms with Crippen LogP contribution in [0, 0.1) is 12.3 Å². The van der Waals surface area contributed by atoms with Crippen LogP contribution < -0.4 is 10.2 Å². The molecule has 39 heavy (non-hydrogen) atoms. The van der Waals surface area contributed by atoms with Gasteiger partial charge in [0.15, 0.2) is 5.71 Å². The second-order valence-electron chi connectivity index (χ2n) is 9.61. The number of aryl methyl sites for hydroxylation is 2. The van der Waals surface area contributed by atoms with Crippen molar-refractivity contribution >= 4 is 40.7 Å². The van der Waals surface area contributed by atoms with Crippen molar-refractivity contribution in [3.63, 3.8) is 0 Å². The maximum absolute atomic E-state index is 13.2. The molecule has 0 radical (unpaired) electrons. The molecule has 6 nitrogen and oxygen atoms in total. The van der Waals surface area contributed by atoms with E-state index in [-0.39, 0.29) is 5.57 Å². The van der Waals surface area contributed by atoms with Crippen LogP contribution in [-0.4, -0.2) is 29.2 Å². The molecule has 1 amide bonds. The molecule has 0 saturated carbocycles. The van der Waals surface area contributed by atoms with Gasteiger partial charge in [0.2, 0.25) is 0 Å². The van der Waals surface area contributed by atoms with Gasteiger partial charge in [0, 0.05) is 23.6 Å². The molecule has 0 bridgehead atoms. The lowest BCUT2D eigenvalue weighted by Crippen LogP contribution is -2.25. The quantitative estimate of drug-likeness (QED) is 0.185. The Morgan fingerprint density at radius 3 is 2.28 bits per heavy atom. The molecule has 3 N–H and O–H groups in total. The van der Waals surface area contributed by atoms with Crippen LogP contribution in [0.5, 0.6) is 0 Å². The topological polar surface area (TPSA) is 93.5 Å². The number of nitrogens with zero attached hydrogens (tertiary/aromatic N) is 1. The molecule has 1 heterocycles. The Morgan fingerprint density at radius 1 is 0.897 bits per heavy atom. The number of anilines is 3. The van der Waals surface area contributed by atoms with Crippen molar-refractivity contribution in [3.8, 4) is 11.1 Å². The van der Waals surface area contributed by atoms with Crippen molar-refractivity contribution in [2.24, 2.45) is 0 Å². The minimum absolute atomic E-state index is 0.208. The Kier molecular flexibility index (Phi) is 7.37. The summed E-state index contributed by atoms with van der Waals surface area (Å²) in [6.07, 6.45) is 3.34. The molecule has 194 valence electrons. The molecule has 0 aromatic heterocycles. The largest absolute Gasteiger partial charge is 0.477 e. The lowest BCUT2D eigenvalue weighted by atomic mass is 9.96. The number of aliphatic carboxylic acids is 1. The summed E-state index contributed by atoms with van der Waals surface area (Å²) >= 11 is 0. The van der Waals surface area contributed by atoms with Gasteiger partial charge >= 0.3 is 5.97 Å². The molecular formula is C33H29N3O3. The fraction of sp³-hybridized carbons (Fsp3) is 0.121. The van der Waals surface area contributed by atoms with Crippen LogP contribution >= 0.6 is 0 Å². The van der Waals surface area contributed by atoms with E-state index in [1.165, 1.54) is 11.6 Å². The van der Waals surface area contributed by atoms with Crippen molar-refractivity contribution in [3.05, 3.63) is 119 Å². The van der Waals surface area contributed by atoms with E-state index < -0.39 is 17.6 Å². The number of carboxylic acid groups (broad SMARTS) is 1. The van der Waals surface area contributed by atoms with Crippen LogP contribution in [0.3, 0.4) is 0 Å². The van der Waals surface area contributed by atoms with E-state index in [2.05, 4.69) is 41.4 Å². The third-order valence-electron chi connectivity index (χ3n) is 6.86. The molecule has 0 unspecified atom stereocenters. The summed E-state index contributed by atoms with van der Waals surface area (Å²) in [7, 11) is 0. The number of hydrogen-bond donors (Lipinski definition) is 3. The number of carbonyl (C=O) groups excluding carboxylic acids is 1. The van der Waals surface area contributed by atoms with E-state index in [0.29, 0.717) is 11.3 Å². The first-order valence-corrected chi connectivity index (χ1v) is 12.9. The average Bonchev–Trinajstić information content (AvgIpc) is 2.96. The number of rotatable bonds is 7. The highest BCUT2D eigenvalue weighted by molar-refractivity contribution is 6.50. The van der Waals surface area contributed by atoms with Gasteiger partial charge in [-0.05, 0) is 84.5 Å². The molecule has 0 aliphatic carbocycles. The second kappa shape index (κ2) is 11.2. The van der Waals surface area contributed by atoms with Gasteiger partial charge in [0.1, 0.15) is 0 Å². The molecule has 0 spiro atoms. The van der Waals surface area contributed by atoms with E-state index in [1.807, 2.05) is 60.7 Å². The maximum atomic E-state index is 13.2. The van der Waals surface area contributed by atoms with Crippen molar-refractivity contribution < 1.29 is 14.7 Å². The number of amides is 1. The van der Waals surface area contributed by atoms with Gasteiger partial charge in [0.05, 0.1) is 5.57 Å². The molecule has 1 aliphatic rings. The first kappa shape index (κ1) is 25.7. The number of benzene rings is 4. The zero-order valence-corrected chi connectivity index (χ0v) is 21.6. The van der Waals surface area contributed by atoms with Crippen LogP contribution in [0.15, 0.2) is 103 Å². The Morgan fingerprint density at radius 2 is 1.59 bits per heavy atom. The van der Waals surface area contributed by atoms with Crippen LogP contribution in [0.4, 0.5) is 17.1 Å². The third kappa shape index (κ3) is 5.80. The molecule has 5 rings (SSSR count). The van der Waals surface area contributed by atoms with Crippen LogP contribution in [0.1, 0.15) is 23.1 Å². The Hall–Kier alpha value is -4.97. The van der Waals surface area contributed by atoms with E-state index in [4.69, 9.17) is 5.41 Å². The first-order valence-electron chi connectivity index (χ1n) is 12.9. The summed E-state index contributed by atoms with van der Waals surface area (Å²) in [5.41, 5.74) is 6.82. The first-order chi connectivity index (χ1) is 18.9. The lowest BCUT2D eigenvalue weighted by Gasteiger charge is -2.31. The predicted molar refractivity (Wildman–Crippen MR) is 157 cm³/mol. The van der Waals surface area contributed by atoms with E-state index in [1.54, 1.807) is 12.1 Å². The number of carbonyl (C=O) groups is 2. The minimum Gasteiger partial charge on any atom is -0.477 e. The molecule has 6 heteroatoms. The average molecular weight is 516 g/mol. The standard InChI is InChI=1S/C33H29N3O3/c1-22-9-16-28(17-10-22)36-19-5-8-26-20-23(11-18-30(26)36)21-29(31(34)33(38)39)32(37)35-27-14-12-25(13-15-27)24-6-3-2-4-7-24/h2-4,6-7,9-18,20-21,34H,5,8,19H2,1H3,(H,35,37)(H,38,39)/b29-21-,34-31?. The Bertz CT molecular complexity index is 1560. The highest BCUT2D eigenvalue weighted by Crippen LogP contribution is 2.34. The van der Waals surface area contributed by atoms with Gasteiger partial charge in [-0.25, -0.2) is 4.79 Å². The summed E-state index contributed by atoms with van der Waals surface area (Å²) in [5, 5.41) is 20.4. The lowest BCUT2D eigenvalue weighted by molar-refractivity contribution is -0.129. The van der Waals surface area contributed by atoms with Gasteiger partial charge in [-0.1, -0.05) is 66.2 Å². The SMILES string of the molecule is Cc1ccc(N2CCCc3cc(/C=C(/C(=N)C(=O)O)C(=O)Nc4ccc(-c5ccccc5)cc4)ccc32)cc1. The second-order valence-corrected chi connectivity index (χ2v) is 9.61. The van der Waals surface area contributed by atoms with E-state index in [0.717, 1.165) is 47.5 Å². The summed E-state index contributed by atoms with van der Waals surface area (Å²) in [4.78, 5) is 27.1.